The van der Waals surface area contributed by atoms with Gasteiger partial charge in [0, 0.05) is 23.0 Å². The molecule has 122 valence electrons. The minimum absolute atomic E-state index is 0.0836. The van der Waals surface area contributed by atoms with Crippen LogP contribution in [-0.2, 0) is 0 Å². The summed E-state index contributed by atoms with van der Waals surface area (Å²) in [6.07, 6.45) is 4.41. The van der Waals surface area contributed by atoms with Crippen LogP contribution in [0.4, 0.5) is 28.1 Å². The van der Waals surface area contributed by atoms with Crippen molar-refractivity contribution in [1.29, 1.82) is 0 Å². The zero-order valence-corrected chi connectivity index (χ0v) is 13.7. The molecule has 0 aliphatic rings. The quantitative estimate of drug-likeness (QED) is 0.535. The molecule has 3 rings (SSSR count). The van der Waals surface area contributed by atoms with Crippen molar-refractivity contribution in [3.63, 3.8) is 0 Å². The van der Waals surface area contributed by atoms with Crippen LogP contribution in [0.3, 0.4) is 0 Å². The van der Waals surface area contributed by atoms with Crippen molar-refractivity contribution < 1.29 is 4.92 Å². The third kappa shape index (κ3) is 3.27. The summed E-state index contributed by atoms with van der Waals surface area (Å²) in [6.45, 7) is 3.81. The number of hydrogen-bond donors (Lipinski definition) is 2. The predicted molar refractivity (Wildman–Crippen MR) is 91.1 cm³/mol. The molecular formula is C14H13N7O2S. The van der Waals surface area contributed by atoms with Gasteiger partial charge in [0.15, 0.2) is 5.13 Å². The number of nitrogens with zero attached hydrogens (tertiary/aromatic N) is 5. The molecule has 0 bridgehead atoms. The van der Waals surface area contributed by atoms with Gasteiger partial charge >= 0.3 is 5.69 Å². The number of hydrogen-bond acceptors (Lipinski definition) is 9. The number of nitro groups is 1. The molecule has 2 N–H and O–H groups in total. The first-order valence-corrected chi connectivity index (χ1v) is 7.73. The Morgan fingerprint density at radius 3 is 2.38 bits per heavy atom. The summed E-state index contributed by atoms with van der Waals surface area (Å²) in [5.74, 6) is 0.175. The molecule has 0 saturated carbocycles. The van der Waals surface area contributed by atoms with Crippen molar-refractivity contribution in [3.05, 3.63) is 51.5 Å². The monoisotopic (exact) mass is 343 g/mol. The van der Waals surface area contributed by atoms with Crippen molar-refractivity contribution in [3.8, 4) is 0 Å². The van der Waals surface area contributed by atoms with Crippen molar-refractivity contribution in [2.45, 2.75) is 13.8 Å². The van der Waals surface area contributed by atoms with Crippen LogP contribution in [0.2, 0.25) is 0 Å². The van der Waals surface area contributed by atoms with E-state index in [1.54, 1.807) is 24.5 Å². The van der Waals surface area contributed by atoms with E-state index >= 15 is 0 Å². The molecular weight excluding hydrogens is 330 g/mol. The van der Waals surface area contributed by atoms with Gasteiger partial charge in [-0.3, -0.25) is 15.1 Å². The van der Waals surface area contributed by atoms with Crippen molar-refractivity contribution in [2.24, 2.45) is 0 Å². The fourth-order valence-electron chi connectivity index (χ4n) is 1.93. The topological polar surface area (TPSA) is 119 Å². The summed E-state index contributed by atoms with van der Waals surface area (Å²) in [5.41, 5.74) is 1.26. The lowest BCUT2D eigenvalue weighted by molar-refractivity contribution is -0.383. The van der Waals surface area contributed by atoms with E-state index in [2.05, 4.69) is 30.6 Å². The largest absolute Gasteiger partial charge is 0.353 e. The van der Waals surface area contributed by atoms with Gasteiger partial charge in [-0.25, -0.2) is 15.0 Å². The zero-order valence-electron chi connectivity index (χ0n) is 12.8. The minimum atomic E-state index is -0.529. The summed E-state index contributed by atoms with van der Waals surface area (Å²) in [6, 6.07) is 3.37. The second kappa shape index (κ2) is 6.54. The second-order valence-electron chi connectivity index (χ2n) is 4.82. The molecule has 10 heteroatoms. The molecule has 0 aliphatic carbocycles. The third-order valence-electron chi connectivity index (χ3n) is 3.20. The van der Waals surface area contributed by atoms with Crippen LogP contribution in [0.15, 0.2) is 30.9 Å². The van der Waals surface area contributed by atoms with Crippen LogP contribution < -0.4 is 10.6 Å². The van der Waals surface area contributed by atoms with Crippen molar-refractivity contribution in [1.82, 2.24) is 19.9 Å². The smallest absolute Gasteiger partial charge is 0.334 e. The molecule has 9 nitrogen and oxygen atoms in total. The van der Waals surface area contributed by atoms with E-state index in [4.69, 9.17) is 0 Å². The van der Waals surface area contributed by atoms with Gasteiger partial charge in [-0.05, 0) is 26.0 Å². The van der Waals surface area contributed by atoms with Crippen molar-refractivity contribution in [2.75, 3.05) is 10.6 Å². The highest BCUT2D eigenvalue weighted by Crippen LogP contribution is 2.34. The molecule has 0 fully saturated rings. The fraction of sp³-hybridized carbons (Fsp3) is 0.143. The normalized spacial score (nSPS) is 10.4. The average molecular weight is 343 g/mol. The molecule has 0 saturated heterocycles. The van der Waals surface area contributed by atoms with E-state index in [0.717, 1.165) is 10.6 Å². The van der Waals surface area contributed by atoms with E-state index in [1.165, 1.54) is 17.7 Å². The van der Waals surface area contributed by atoms with Gasteiger partial charge < -0.3 is 10.6 Å². The van der Waals surface area contributed by atoms with E-state index in [-0.39, 0.29) is 17.3 Å². The number of anilines is 4. The molecule has 3 heterocycles. The van der Waals surface area contributed by atoms with Gasteiger partial charge in [-0.15, -0.1) is 11.3 Å². The van der Waals surface area contributed by atoms with Gasteiger partial charge in [0.2, 0.25) is 11.6 Å². The second-order valence-corrected chi connectivity index (χ2v) is 6.03. The Labute approximate surface area is 141 Å². The van der Waals surface area contributed by atoms with Crippen LogP contribution in [0.25, 0.3) is 0 Å². The van der Waals surface area contributed by atoms with Gasteiger partial charge in [-0.2, -0.15) is 0 Å². The van der Waals surface area contributed by atoms with Crippen LogP contribution in [-0.4, -0.2) is 24.9 Å². The van der Waals surface area contributed by atoms with E-state index < -0.39 is 4.92 Å². The van der Waals surface area contributed by atoms with Crippen LogP contribution in [0.1, 0.15) is 10.6 Å². The first kappa shape index (κ1) is 15.7. The first-order valence-electron chi connectivity index (χ1n) is 6.92. The maximum Gasteiger partial charge on any atom is 0.353 e. The number of thiazole rings is 1. The molecule has 3 aromatic heterocycles. The lowest BCUT2D eigenvalue weighted by Gasteiger charge is -2.08. The molecule has 3 aromatic rings. The maximum absolute atomic E-state index is 11.5. The van der Waals surface area contributed by atoms with Crippen LogP contribution >= 0.6 is 11.3 Å². The summed E-state index contributed by atoms with van der Waals surface area (Å²) in [7, 11) is 0. The molecule has 0 aromatic carbocycles. The zero-order chi connectivity index (χ0) is 17.1. The highest BCUT2D eigenvalue weighted by atomic mass is 32.1. The highest BCUT2D eigenvalue weighted by molar-refractivity contribution is 7.15. The minimum Gasteiger partial charge on any atom is -0.334 e. The van der Waals surface area contributed by atoms with Gasteiger partial charge in [0.25, 0.3) is 0 Å². The standard InChI is InChI=1S/C14H13N7O2S/c1-8-9(2)24-14(18-8)20-13-11(21(22)23)12(16-7-17-13)19-10-3-5-15-6-4-10/h3-7H,1-2H3,(H2,15,16,17,18,19,20). The number of rotatable bonds is 5. The fourth-order valence-corrected chi connectivity index (χ4v) is 2.75. The molecule has 0 amide bonds. The van der Waals surface area contributed by atoms with E-state index in [0.29, 0.717) is 10.8 Å². The van der Waals surface area contributed by atoms with Gasteiger partial charge in [0.05, 0.1) is 10.6 Å². The first-order chi connectivity index (χ1) is 11.5. The average Bonchev–Trinajstić information content (AvgIpc) is 2.86. The summed E-state index contributed by atoms with van der Waals surface area (Å²) in [4.78, 5) is 28.2. The lowest BCUT2D eigenvalue weighted by Crippen LogP contribution is -2.05. The maximum atomic E-state index is 11.5. The Morgan fingerprint density at radius 1 is 1.12 bits per heavy atom. The Bertz CT molecular complexity index is 863. The molecule has 0 unspecified atom stereocenters. The van der Waals surface area contributed by atoms with E-state index in [9.17, 15) is 10.1 Å². The van der Waals surface area contributed by atoms with Crippen LogP contribution in [0, 0.1) is 24.0 Å². The molecule has 24 heavy (non-hydrogen) atoms. The summed E-state index contributed by atoms with van der Waals surface area (Å²) >= 11 is 1.41. The molecule has 0 aliphatic heterocycles. The Hall–Kier alpha value is -3.14. The van der Waals surface area contributed by atoms with Gasteiger partial charge in [0.1, 0.15) is 6.33 Å². The third-order valence-corrected chi connectivity index (χ3v) is 4.19. The molecule has 0 spiro atoms. The number of aryl methyl sites for hydroxylation is 2. The summed E-state index contributed by atoms with van der Waals surface area (Å²) in [5, 5.41) is 17.9. The Kier molecular flexibility index (Phi) is 4.29. The lowest BCUT2D eigenvalue weighted by atomic mass is 10.3. The number of nitrogens with one attached hydrogen (secondary N) is 2. The SMILES string of the molecule is Cc1nc(Nc2ncnc(Nc3ccncc3)c2[N+](=O)[O-])sc1C. The number of pyridine rings is 1. The molecule has 0 atom stereocenters. The van der Waals surface area contributed by atoms with E-state index in [1.807, 2.05) is 13.8 Å². The van der Waals surface area contributed by atoms with Crippen molar-refractivity contribution >= 4 is 39.5 Å². The highest BCUT2D eigenvalue weighted by Gasteiger charge is 2.24. The Balaban J connectivity index is 1.97. The van der Waals surface area contributed by atoms with Crippen LogP contribution in [0.5, 0.6) is 0 Å². The predicted octanol–water partition coefficient (Wildman–Crippen LogP) is 3.34. The summed E-state index contributed by atoms with van der Waals surface area (Å²) < 4.78 is 0. The number of aromatic nitrogens is 4. The molecule has 0 radical (unpaired) electrons. The van der Waals surface area contributed by atoms with Gasteiger partial charge in [-0.1, -0.05) is 0 Å². The Morgan fingerprint density at radius 2 is 1.79 bits per heavy atom.